The van der Waals surface area contributed by atoms with E-state index in [0.717, 1.165) is 24.3 Å². The number of ether oxygens (including phenoxy) is 1. The Morgan fingerprint density at radius 3 is 2.61 bits per heavy atom. The lowest BCUT2D eigenvalue weighted by Gasteiger charge is -2.17. The second-order valence-corrected chi connectivity index (χ2v) is 5.28. The molecule has 2 rings (SSSR count). The molecule has 2 N–H and O–H groups in total. The Labute approximate surface area is 109 Å². The molecule has 1 aliphatic rings. The van der Waals surface area contributed by atoms with Crippen molar-refractivity contribution in [3.63, 3.8) is 0 Å². The van der Waals surface area contributed by atoms with E-state index >= 15 is 0 Å². The van der Waals surface area contributed by atoms with Crippen LogP contribution in [0.4, 0.5) is 0 Å². The second kappa shape index (κ2) is 6.21. The first kappa shape index (κ1) is 13.4. The van der Waals surface area contributed by atoms with E-state index in [4.69, 9.17) is 4.74 Å². The molecular weight excluding hydrogens is 226 g/mol. The van der Waals surface area contributed by atoms with E-state index in [1.165, 1.54) is 12.8 Å². The van der Waals surface area contributed by atoms with E-state index in [1.54, 1.807) is 0 Å². The zero-order valence-corrected chi connectivity index (χ0v) is 11.2. The molecule has 0 bridgehead atoms. The van der Waals surface area contributed by atoms with Gasteiger partial charge in [0.25, 0.3) is 0 Å². The number of aliphatic hydroxyl groups is 1. The molecule has 2 atom stereocenters. The van der Waals surface area contributed by atoms with E-state index in [2.05, 4.69) is 5.32 Å². The lowest BCUT2D eigenvalue weighted by molar-refractivity contribution is 0.154. The molecule has 0 amide bonds. The van der Waals surface area contributed by atoms with Gasteiger partial charge in [0.2, 0.25) is 0 Å². The van der Waals surface area contributed by atoms with Crippen LogP contribution >= 0.6 is 0 Å². The van der Waals surface area contributed by atoms with Crippen LogP contribution < -0.4 is 10.1 Å². The smallest absolute Gasteiger partial charge is 0.119 e. The number of hydrogen-bond acceptors (Lipinski definition) is 3. The van der Waals surface area contributed by atoms with E-state index in [0.29, 0.717) is 6.04 Å². The average molecular weight is 249 g/mol. The number of rotatable bonds is 5. The van der Waals surface area contributed by atoms with Crippen LogP contribution in [0.5, 0.6) is 5.75 Å². The summed E-state index contributed by atoms with van der Waals surface area (Å²) < 4.78 is 5.59. The molecule has 1 fully saturated rings. The Bertz CT molecular complexity index is 355. The summed E-state index contributed by atoms with van der Waals surface area (Å²) in [6, 6.07) is 8.24. The van der Waals surface area contributed by atoms with Crippen LogP contribution in [0.25, 0.3) is 0 Å². The standard InChI is InChI=1S/C15H23NO2/c1-11(2)18-14-7-5-12(6-8-14)15(17)10-13-4-3-9-16-13/h5-8,11,13,15-17H,3-4,9-10H2,1-2H3. The fourth-order valence-electron chi connectivity index (χ4n) is 2.40. The highest BCUT2D eigenvalue weighted by Crippen LogP contribution is 2.24. The third-order valence-corrected chi connectivity index (χ3v) is 3.31. The molecule has 100 valence electrons. The summed E-state index contributed by atoms with van der Waals surface area (Å²) in [5, 5.41) is 13.6. The average Bonchev–Trinajstić information content (AvgIpc) is 2.82. The zero-order valence-electron chi connectivity index (χ0n) is 11.2. The Hall–Kier alpha value is -1.06. The second-order valence-electron chi connectivity index (χ2n) is 5.28. The summed E-state index contributed by atoms with van der Waals surface area (Å²) in [6.07, 6.45) is 2.99. The van der Waals surface area contributed by atoms with Crippen LogP contribution in [-0.4, -0.2) is 23.8 Å². The summed E-state index contributed by atoms with van der Waals surface area (Å²) in [4.78, 5) is 0. The summed E-state index contributed by atoms with van der Waals surface area (Å²) in [6.45, 7) is 5.10. The van der Waals surface area contributed by atoms with E-state index in [9.17, 15) is 5.11 Å². The van der Waals surface area contributed by atoms with Crippen molar-refractivity contribution in [2.45, 2.75) is 51.4 Å². The van der Waals surface area contributed by atoms with Gasteiger partial charge in [0.05, 0.1) is 12.2 Å². The van der Waals surface area contributed by atoms with Gasteiger partial charge < -0.3 is 15.2 Å². The quantitative estimate of drug-likeness (QED) is 0.843. The van der Waals surface area contributed by atoms with Gasteiger partial charge in [-0.05, 0) is 57.4 Å². The summed E-state index contributed by atoms with van der Waals surface area (Å²) in [5.41, 5.74) is 0.972. The molecule has 18 heavy (non-hydrogen) atoms. The van der Waals surface area contributed by atoms with Crippen molar-refractivity contribution in [2.75, 3.05) is 6.54 Å². The normalized spacial score (nSPS) is 21.2. The van der Waals surface area contributed by atoms with Crippen molar-refractivity contribution in [3.05, 3.63) is 29.8 Å². The molecule has 1 aromatic carbocycles. The summed E-state index contributed by atoms with van der Waals surface area (Å²) in [5.74, 6) is 0.861. The minimum Gasteiger partial charge on any atom is -0.491 e. The van der Waals surface area contributed by atoms with Gasteiger partial charge in [-0.15, -0.1) is 0 Å². The molecular formula is C15H23NO2. The Morgan fingerprint density at radius 1 is 1.33 bits per heavy atom. The highest BCUT2D eigenvalue weighted by molar-refractivity contribution is 5.28. The van der Waals surface area contributed by atoms with Crippen molar-refractivity contribution < 1.29 is 9.84 Å². The number of nitrogens with one attached hydrogen (secondary N) is 1. The Kier molecular flexibility index (Phi) is 4.61. The van der Waals surface area contributed by atoms with Crippen molar-refractivity contribution in [1.29, 1.82) is 0 Å². The van der Waals surface area contributed by atoms with Gasteiger partial charge >= 0.3 is 0 Å². The monoisotopic (exact) mass is 249 g/mol. The molecule has 1 aliphatic heterocycles. The predicted octanol–water partition coefficient (Wildman–Crippen LogP) is 2.65. The number of aliphatic hydroxyl groups excluding tert-OH is 1. The fourth-order valence-corrected chi connectivity index (χ4v) is 2.40. The Balaban J connectivity index is 1.91. The van der Waals surface area contributed by atoms with E-state index in [-0.39, 0.29) is 12.2 Å². The first-order chi connectivity index (χ1) is 8.65. The van der Waals surface area contributed by atoms with Gasteiger partial charge in [-0.1, -0.05) is 12.1 Å². The molecule has 3 heteroatoms. The van der Waals surface area contributed by atoms with E-state index in [1.807, 2.05) is 38.1 Å². The third kappa shape index (κ3) is 3.72. The predicted molar refractivity (Wildman–Crippen MR) is 72.8 cm³/mol. The minimum absolute atomic E-state index is 0.184. The molecule has 0 aliphatic carbocycles. The van der Waals surface area contributed by atoms with Gasteiger partial charge in [0.1, 0.15) is 5.75 Å². The molecule has 0 spiro atoms. The molecule has 0 saturated carbocycles. The summed E-state index contributed by atoms with van der Waals surface area (Å²) in [7, 11) is 0. The van der Waals surface area contributed by atoms with Crippen molar-refractivity contribution in [1.82, 2.24) is 5.32 Å². The van der Waals surface area contributed by atoms with Crippen LogP contribution in [-0.2, 0) is 0 Å². The molecule has 3 nitrogen and oxygen atoms in total. The zero-order chi connectivity index (χ0) is 13.0. The third-order valence-electron chi connectivity index (χ3n) is 3.31. The van der Waals surface area contributed by atoms with Crippen molar-refractivity contribution >= 4 is 0 Å². The van der Waals surface area contributed by atoms with Crippen LogP contribution in [0.2, 0.25) is 0 Å². The van der Waals surface area contributed by atoms with Gasteiger partial charge in [-0.2, -0.15) is 0 Å². The van der Waals surface area contributed by atoms with Crippen molar-refractivity contribution in [3.8, 4) is 5.75 Å². The van der Waals surface area contributed by atoms with Crippen LogP contribution in [0, 0.1) is 0 Å². The Morgan fingerprint density at radius 2 is 2.06 bits per heavy atom. The lowest BCUT2D eigenvalue weighted by atomic mass is 10.0. The SMILES string of the molecule is CC(C)Oc1ccc(C(O)CC2CCCN2)cc1. The van der Waals surface area contributed by atoms with Gasteiger partial charge in [-0.25, -0.2) is 0 Å². The van der Waals surface area contributed by atoms with Gasteiger partial charge in [0, 0.05) is 6.04 Å². The molecule has 1 aromatic rings. The maximum atomic E-state index is 10.2. The first-order valence-corrected chi connectivity index (χ1v) is 6.83. The van der Waals surface area contributed by atoms with Crippen molar-refractivity contribution in [2.24, 2.45) is 0 Å². The maximum Gasteiger partial charge on any atom is 0.119 e. The molecule has 0 radical (unpaired) electrons. The largest absolute Gasteiger partial charge is 0.491 e. The van der Waals surface area contributed by atoms with E-state index < -0.39 is 0 Å². The minimum atomic E-state index is -0.381. The lowest BCUT2D eigenvalue weighted by Crippen LogP contribution is -2.23. The molecule has 0 aromatic heterocycles. The first-order valence-electron chi connectivity index (χ1n) is 6.83. The maximum absolute atomic E-state index is 10.2. The van der Waals surface area contributed by atoms with Crippen LogP contribution in [0.15, 0.2) is 24.3 Å². The van der Waals surface area contributed by atoms with Crippen LogP contribution in [0.1, 0.15) is 44.8 Å². The highest BCUT2D eigenvalue weighted by atomic mass is 16.5. The van der Waals surface area contributed by atoms with Gasteiger partial charge in [0.15, 0.2) is 0 Å². The summed E-state index contributed by atoms with van der Waals surface area (Å²) >= 11 is 0. The molecule has 1 saturated heterocycles. The number of benzene rings is 1. The fraction of sp³-hybridized carbons (Fsp3) is 0.600. The van der Waals surface area contributed by atoms with Crippen LogP contribution in [0.3, 0.4) is 0 Å². The highest BCUT2D eigenvalue weighted by Gasteiger charge is 2.19. The topological polar surface area (TPSA) is 41.5 Å². The molecule has 1 heterocycles. The number of hydrogen-bond donors (Lipinski definition) is 2. The van der Waals surface area contributed by atoms with Gasteiger partial charge in [-0.3, -0.25) is 0 Å². The molecule has 2 unspecified atom stereocenters.